The van der Waals surface area contributed by atoms with Crippen LogP contribution in [0, 0.1) is 12.7 Å². The largest absolute Gasteiger partial charge is 0.398 e. The molecule has 0 spiro atoms. The molecule has 3 N–H and O–H groups in total. The van der Waals surface area contributed by atoms with E-state index in [9.17, 15) is 17.6 Å². The van der Waals surface area contributed by atoms with Crippen LogP contribution in [-0.2, 0) is 0 Å². The molecule has 0 atom stereocenters. The first-order chi connectivity index (χ1) is 8.74. The molecule has 0 saturated heterocycles. The number of nitrogens with two attached hydrogens (primary N) is 1. The lowest BCUT2D eigenvalue weighted by Gasteiger charge is -2.11. The van der Waals surface area contributed by atoms with Gasteiger partial charge in [-0.1, -0.05) is 0 Å². The first-order valence-electron chi connectivity index (χ1n) is 5.24. The number of amidine groups is 1. The summed E-state index contributed by atoms with van der Waals surface area (Å²) in [5, 5.41) is 3.61. The Bertz CT molecular complexity index is 491. The van der Waals surface area contributed by atoms with Crippen molar-refractivity contribution in [2.45, 2.75) is 18.0 Å². The maximum absolute atomic E-state index is 13.7. The van der Waals surface area contributed by atoms with Crippen LogP contribution in [0.15, 0.2) is 22.1 Å². The molecule has 0 aliphatic carbocycles. The molecule has 1 aromatic rings. The third-order valence-electron chi connectivity index (χ3n) is 2.16. The quantitative estimate of drug-likeness (QED) is 0.293. The first kappa shape index (κ1) is 18.9. The van der Waals surface area contributed by atoms with E-state index < -0.39 is 17.7 Å². The van der Waals surface area contributed by atoms with Gasteiger partial charge in [0.05, 0.1) is 11.3 Å². The molecule has 1 rings (SSSR count). The third kappa shape index (κ3) is 5.46. The van der Waals surface area contributed by atoms with Crippen LogP contribution in [0.5, 0.6) is 0 Å². The minimum Gasteiger partial charge on any atom is -0.382 e. The number of halogens is 5. The molecular weight excluding hydrogens is 318 g/mol. The molecule has 114 valence electrons. The van der Waals surface area contributed by atoms with Gasteiger partial charge in [0.2, 0.25) is 0 Å². The molecule has 0 fully saturated rings. The Morgan fingerprint density at radius 1 is 1.40 bits per heavy atom. The number of nitrogens with zero attached hydrogens (tertiary/aromatic N) is 1. The predicted molar refractivity (Wildman–Crippen MR) is 74.9 cm³/mol. The van der Waals surface area contributed by atoms with Gasteiger partial charge in [-0.3, -0.25) is 0 Å². The number of nitrogens with one attached hydrogen (secondary N) is 1. The summed E-state index contributed by atoms with van der Waals surface area (Å²) in [5.41, 5.74) is 8.32. The molecule has 0 saturated carbocycles. The Hall–Kier alpha value is -1.15. The normalized spacial score (nSPS) is 12.0. The summed E-state index contributed by atoms with van der Waals surface area (Å²) in [6.07, 6.45) is -4.28. The van der Waals surface area contributed by atoms with Gasteiger partial charge in [0, 0.05) is 11.9 Å². The van der Waals surface area contributed by atoms with Gasteiger partial charge in [-0.25, -0.2) is 4.39 Å². The van der Waals surface area contributed by atoms with Crippen molar-refractivity contribution in [3.63, 3.8) is 0 Å². The van der Waals surface area contributed by atoms with Crippen molar-refractivity contribution in [2.75, 3.05) is 12.8 Å². The second-order valence-corrected chi connectivity index (χ2v) is 4.74. The van der Waals surface area contributed by atoms with Crippen LogP contribution < -0.4 is 11.2 Å². The lowest BCUT2D eigenvalue weighted by atomic mass is 10.1. The van der Waals surface area contributed by atoms with E-state index in [2.05, 4.69) is 10.5 Å². The summed E-state index contributed by atoms with van der Waals surface area (Å²) in [7, 11) is 1.48. The minimum atomic E-state index is -4.28. The molecule has 0 aliphatic rings. The monoisotopic (exact) mass is 331 g/mol. The Kier molecular flexibility index (Phi) is 7.15. The number of alkyl halides is 3. The molecule has 0 radical (unpaired) electrons. The Morgan fingerprint density at radius 3 is 2.50 bits per heavy atom. The highest BCUT2D eigenvalue weighted by molar-refractivity contribution is 7.99. The van der Waals surface area contributed by atoms with Crippen molar-refractivity contribution in [3.8, 4) is 0 Å². The van der Waals surface area contributed by atoms with Gasteiger partial charge in [-0.15, -0.1) is 24.2 Å². The van der Waals surface area contributed by atoms with Gasteiger partial charge >= 0.3 is 6.18 Å². The summed E-state index contributed by atoms with van der Waals surface area (Å²) in [6.45, 7) is 1.54. The number of hydrazone groups is 1. The van der Waals surface area contributed by atoms with Crippen LogP contribution >= 0.6 is 24.2 Å². The van der Waals surface area contributed by atoms with Gasteiger partial charge in [0.25, 0.3) is 0 Å². The van der Waals surface area contributed by atoms with Crippen LogP contribution in [-0.4, -0.2) is 24.8 Å². The van der Waals surface area contributed by atoms with E-state index in [0.717, 1.165) is 6.07 Å². The van der Waals surface area contributed by atoms with Gasteiger partial charge in [0.1, 0.15) is 5.82 Å². The second-order valence-electron chi connectivity index (χ2n) is 3.72. The van der Waals surface area contributed by atoms with E-state index >= 15 is 0 Å². The van der Waals surface area contributed by atoms with E-state index in [1.165, 1.54) is 20.0 Å². The number of thioether (sulfide) groups is 1. The molecule has 0 unspecified atom stereocenters. The molecule has 20 heavy (non-hydrogen) atoms. The van der Waals surface area contributed by atoms with Crippen LogP contribution in [0.4, 0.5) is 17.6 Å². The van der Waals surface area contributed by atoms with Crippen molar-refractivity contribution in [1.29, 1.82) is 0 Å². The zero-order valence-electron chi connectivity index (χ0n) is 10.7. The standard InChI is InChI=1S/C11H13F4N3S.ClH/c1-6-3-8(12)7(10(16)18-17-2)4-9(6)19-5-11(13,14)15;/h3-4,17H,5H2,1-2H3,(H2,16,18);1H. The molecule has 0 amide bonds. The summed E-state index contributed by atoms with van der Waals surface area (Å²) < 4.78 is 50.2. The SMILES string of the molecule is CN/N=C(\N)c1cc(SCC(F)(F)F)c(C)cc1F.Cl. The average molecular weight is 332 g/mol. The van der Waals surface area contributed by atoms with Crippen LogP contribution in [0.2, 0.25) is 0 Å². The first-order valence-corrected chi connectivity index (χ1v) is 6.23. The number of hydrogen-bond acceptors (Lipinski definition) is 3. The Morgan fingerprint density at radius 2 is 2.00 bits per heavy atom. The van der Waals surface area contributed by atoms with E-state index in [-0.39, 0.29) is 23.8 Å². The molecule has 9 heteroatoms. The van der Waals surface area contributed by atoms with Gasteiger partial charge in [-0.05, 0) is 24.6 Å². The molecule has 0 aromatic heterocycles. The van der Waals surface area contributed by atoms with E-state index in [0.29, 0.717) is 22.2 Å². The lowest BCUT2D eigenvalue weighted by molar-refractivity contribution is -0.105. The number of benzene rings is 1. The highest BCUT2D eigenvalue weighted by atomic mass is 35.5. The molecule has 1 aromatic carbocycles. The zero-order chi connectivity index (χ0) is 14.6. The van der Waals surface area contributed by atoms with Gasteiger partial charge in [0.15, 0.2) is 5.84 Å². The number of aryl methyl sites for hydroxylation is 1. The molecule has 0 heterocycles. The minimum absolute atomic E-state index is 0. The van der Waals surface area contributed by atoms with Crippen molar-refractivity contribution in [3.05, 3.63) is 29.1 Å². The van der Waals surface area contributed by atoms with Gasteiger partial charge < -0.3 is 11.2 Å². The Balaban J connectivity index is 0.00000361. The molecular formula is C11H14ClF4N3S. The topological polar surface area (TPSA) is 50.4 Å². The van der Waals surface area contributed by atoms with E-state index in [1.54, 1.807) is 0 Å². The molecule has 0 aliphatic heterocycles. The van der Waals surface area contributed by atoms with Crippen molar-refractivity contribution < 1.29 is 17.6 Å². The maximum atomic E-state index is 13.7. The fourth-order valence-electron chi connectivity index (χ4n) is 1.34. The maximum Gasteiger partial charge on any atom is 0.398 e. The predicted octanol–water partition coefficient (Wildman–Crippen LogP) is 3.05. The highest BCUT2D eigenvalue weighted by Crippen LogP contribution is 2.30. The molecule has 0 bridgehead atoms. The Labute approximate surface area is 124 Å². The summed E-state index contributed by atoms with van der Waals surface area (Å²) in [5.74, 6) is -1.78. The highest BCUT2D eigenvalue weighted by Gasteiger charge is 2.27. The summed E-state index contributed by atoms with van der Waals surface area (Å²) in [6, 6.07) is 2.42. The fraction of sp³-hybridized carbons (Fsp3) is 0.364. The summed E-state index contributed by atoms with van der Waals surface area (Å²) in [4.78, 5) is 0.322. The summed E-state index contributed by atoms with van der Waals surface area (Å²) >= 11 is 0.590. The number of hydrogen-bond donors (Lipinski definition) is 2. The van der Waals surface area contributed by atoms with Crippen molar-refractivity contribution >= 4 is 30.0 Å². The third-order valence-corrected chi connectivity index (χ3v) is 3.39. The van der Waals surface area contributed by atoms with Crippen LogP contribution in [0.1, 0.15) is 11.1 Å². The van der Waals surface area contributed by atoms with Crippen molar-refractivity contribution in [2.24, 2.45) is 10.8 Å². The van der Waals surface area contributed by atoms with Crippen LogP contribution in [0.3, 0.4) is 0 Å². The van der Waals surface area contributed by atoms with Crippen LogP contribution in [0.25, 0.3) is 0 Å². The smallest absolute Gasteiger partial charge is 0.382 e. The molecule has 3 nitrogen and oxygen atoms in total. The van der Waals surface area contributed by atoms with E-state index in [1.807, 2.05) is 0 Å². The van der Waals surface area contributed by atoms with Gasteiger partial charge in [-0.2, -0.15) is 18.3 Å². The average Bonchev–Trinajstić information content (AvgIpc) is 2.26. The van der Waals surface area contributed by atoms with E-state index in [4.69, 9.17) is 5.73 Å². The fourth-order valence-corrected chi connectivity index (χ4v) is 2.15. The number of rotatable bonds is 4. The van der Waals surface area contributed by atoms with Crippen molar-refractivity contribution in [1.82, 2.24) is 5.43 Å². The lowest BCUT2D eigenvalue weighted by Crippen LogP contribution is -2.19. The second kappa shape index (κ2) is 7.58. The zero-order valence-corrected chi connectivity index (χ0v) is 12.3.